The standard InChI is InChI=1S/C14H19N5OS/c1-3-10-5-9(6-12(18-10)19-15)14(20)17-8-13-16-7-11(4-2)21-13/h5-7H,3-4,8,15H2,1-2H3,(H,17,20)(H,18,19). The molecule has 0 aliphatic rings. The van der Waals surface area contributed by atoms with Crippen LogP contribution in [-0.2, 0) is 19.4 Å². The number of anilines is 1. The van der Waals surface area contributed by atoms with E-state index in [1.807, 2.05) is 13.1 Å². The Morgan fingerprint density at radius 1 is 1.33 bits per heavy atom. The third kappa shape index (κ3) is 3.99. The molecule has 2 rings (SSSR count). The molecular weight excluding hydrogens is 286 g/mol. The van der Waals surface area contributed by atoms with Gasteiger partial charge in [0.2, 0.25) is 0 Å². The van der Waals surface area contributed by atoms with Gasteiger partial charge in [0.15, 0.2) is 0 Å². The lowest BCUT2D eigenvalue weighted by Gasteiger charge is -2.07. The Hall–Kier alpha value is -1.99. The molecule has 2 aromatic rings. The monoisotopic (exact) mass is 305 g/mol. The number of rotatable bonds is 6. The first-order valence-corrected chi connectivity index (χ1v) is 7.67. The van der Waals surface area contributed by atoms with Gasteiger partial charge in [0.05, 0.1) is 6.54 Å². The van der Waals surface area contributed by atoms with Gasteiger partial charge >= 0.3 is 0 Å². The summed E-state index contributed by atoms with van der Waals surface area (Å²) in [6.45, 7) is 4.49. The van der Waals surface area contributed by atoms with Crippen LogP contribution in [0.3, 0.4) is 0 Å². The molecular formula is C14H19N5OS. The average Bonchev–Trinajstić information content (AvgIpc) is 3.00. The number of hydrogen-bond acceptors (Lipinski definition) is 6. The first-order valence-electron chi connectivity index (χ1n) is 6.85. The van der Waals surface area contributed by atoms with E-state index in [-0.39, 0.29) is 5.91 Å². The SMILES string of the molecule is CCc1cc(C(=O)NCc2ncc(CC)s2)cc(NN)n1. The second kappa shape index (κ2) is 7.14. The van der Waals surface area contributed by atoms with Crippen LogP contribution in [-0.4, -0.2) is 15.9 Å². The van der Waals surface area contributed by atoms with Crippen molar-refractivity contribution in [1.29, 1.82) is 0 Å². The zero-order valence-electron chi connectivity index (χ0n) is 12.1. The summed E-state index contributed by atoms with van der Waals surface area (Å²) in [5.41, 5.74) is 3.84. The van der Waals surface area contributed by atoms with Crippen molar-refractivity contribution in [2.75, 3.05) is 5.43 Å². The number of thiazole rings is 1. The molecule has 0 aliphatic heterocycles. The minimum atomic E-state index is -0.156. The number of aromatic nitrogens is 2. The predicted molar refractivity (Wildman–Crippen MR) is 84.1 cm³/mol. The van der Waals surface area contributed by atoms with Crippen LogP contribution in [0.4, 0.5) is 5.82 Å². The molecule has 0 unspecified atom stereocenters. The molecule has 2 heterocycles. The van der Waals surface area contributed by atoms with Gasteiger partial charge in [-0.15, -0.1) is 11.3 Å². The number of hydrazine groups is 1. The van der Waals surface area contributed by atoms with E-state index >= 15 is 0 Å². The van der Waals surface area contributed by atoms with E-state index in [1.165, 1.54) is 4.88 Å². The maximum Gasteiger partial charge on any atom is 0.251 e. The summed E-state index contributed by atoms with van der Waals surface area (Å²) in [6.07, 6.45) is 3.55. The summed E-state index contributed by atoms with van der Waals surface area (Å²) in [7, 11) is 0. The van der Waals surface area contributed by atoms with Crippen LogP contribution in [0.1, 0.15) is 39.8 Å². The number of carbonyl (C=O) groups excluding carboxylic acids is 1. The van der Waals surface area contributed by atoms with E-state index in [2.05, 4.69) is 27.6 Å². The highest BCUT2D eigenvalue weighted by Crippen LogP contribution is 2.14. The molecule has 0 radical (unpaired) electrons. The fourth-order valence-electron chi connectivity index (χ4n) is 1.83. The van der Waals surface area contributed by atoms with Crippen molar-refractivity contribution in [3.05, 3.63) is 39.5 Å². The lowest BCUT2D eigenvalue weighted by Crippen LogP contribution is -2.23. The Kier molecular flexibility index (Phi) is 5.24. The number of carbonyl (C=O) groups is 1. The largest absolute Gasteiger partial charge is 0.346 e. The van der Waals surface area contributed by atoms with Gasteiger partial charge in [0.25, 0.3) is 5.91 Å². The minimum Gasteiger partial charge on any atom is -0.346 e. The smallest absolute Gasteiger partial charge is 0.251 e. The molecule has 0 atom stereocenters. The van der Waals surface area contributed by atoms with Gasteiger partial charge in [-0.25, -0.2) is 15.8 Å². The van der Waals surface area contributed by atoms with Crippen molar-refractivity contribution in [1.82, 2.24) is 15.3 Å². The molecule has 4 N–H and O–H groups in total. The molecule has 0 saturated carbocycles. The van der Waals surface area contributed by atoms with E-state index in [4.69, 9.17) is 5.84 Å². The Balaban J connectivity index is 2.05. The van der Waals surface area contributed by atoms with E-state index in [0.29, 0.717) is 17.9 Å². The summed E-state index contributed by atoms with van der Waals surface area (Å²) in [5.74, 6) is 5.71. The lowest BCUT2D eigenvalue weighted by molar-refractivity contribution is 0.0950. The van der Waals surface area contributed by atoms with Crippen molar-refractivity contribution in [3.8, 4) is 0 Å². The van der Waals surface area contributed by atoms with Crippen LogP contribution >= 0.6 is 11.3 Å². The van der Waals surface area contributed by atoms with Crippen molar-refractivity contribution < 1.29 is 4.79 Å². The summed E-state index contributed by atoms with van der Waals surface area (Å²) in [4.78, 5) is 22.0. The van der Waals surface area contributed by atoms with Gasteiger partial charge in [0.1, 0.15) is 10.8 Å². The van der Waals surface area contributed by atoms with Gasteiger partial charge in [-0.1, -0.05) is 13.8 Å². The molecule has 6 nitrogen and oxygen atoms in total. The highest BCUT2D eigenvalue weighted by Gasteiger charge is 2.10. The predicted octanol–water partition coefficient (Wildman–Crippen LogP) is 1.88. The molecule has 0 spiro atoms. The van der Waals surface area contributed by atoms with E-state index in [1.54, 1.807) is 23.5 Å². The maximum absolute atomic E-state index is 12.2. The molecule has 0 aromatic carbocycles. The van der Waals surface area contributed by atoms with Crippen LogP contribution in [0.15, 0.2) is 18.3 Å². The van der Waals surface area contributed by atoms with Gasteiger partial charge < -0.3 is 10.7 Å². The van der Waals surface area contributed by atoms with Crippen LogP contribution in [0.25, 0.3) is 0 Å². The number of hydrogen-bond donors (Lipinski definition) is 3. The molecule has 1 amide bonds. The Morgan fingerprint density at radius 2 is 2.14 bits per heavy atom. The van der Waals surface area contributed by atoms with Gasteiger partial charge in [-0.2, -0.15) is 0 Å². The van der Waals surface area contributed by atoms with Crippen LogP contribution < -0.4 is 16.6 Å². The van der Waals surface area contributed by atoms with Crippen LogP contribution in [0, 0.1) is 0 Å². The van der Waals surface area contributed by atoms with Crippen LogP contribution in [0.5, 0.6) is 0 Å². The Labute approximate surface area is 127 Å². The highest BCUT2D eigenvalue weighted by atomic mass is 32.1. The number of amides is 1. The Morgan fingerprint density at radius 3 is 2.76 bits per heavy atom. The number of nitrogens with two attached hydrogens (primary N) is 1. The summed E-state index contributed by atoms with van der Waals surface area (Å²) in [5, 5.41) is 3.77. The first kappa shape index (κ1) is 15.4. The van der Waals surface area contributed by atoms with Crippen molar-refractivity contribution >= 4 is 23.1 Å². The molecule has 0 saturated heterocycles. The maximum atomic E-state index is 12.2. The third-order valence-electron chi connectivity index (χ3n) is 3.00. The van der Waals surface area contributed by atoms with Gasteiger partial charge in [-0.05, 0) is 25.0 Å². The molecule has 2 aromatic heterocycles. The molecule has 7 heteroatoms. The average molecular weight is 305 g/mol. The highest BCUT2D eigenvalue weighted by molar-refractivity contribution is 7.11. The molecule has 21 heavy (non-hydrogen) atoms. The number of nitrogens with zero attached hydrogens (tertiary/aromatic N) is 2. The first-order chi connectivity index (χ1) is 10.2. The van der Waals surface area contributed by atoms with Gasteiger partial charge in [0, 0.05) is 22.3 Å². The topological polar surface area (TPSA) is 92.9 Å². The van der Waals surface area contributed by atoms with E-state index < -0.39 is 0 Å². The normalized spacial score (nSPS) is 10.4. The molecule has 112 valence electrons. The zero-order chi connectivity index (χ0) is 15.2. The number of nitrogen functional groups attached to an aromatic ring is 1. The number of nitrogens with one attached hydrogen (secondary N) is 2. The Bertz CT molecular complexity index is 603. The van der Waals surface area contributed by atoms with E-state index in [0.717, 1.165) is 23.5 Å². The molecule has 0 fully saturated rings. The number of pyridine rings is 1. The van der Waals surface area contributed by atoms with Crippen molar-refractivity contribution in [2.45, 2.75) is 33.2 Å². The molecule has 0 bridgehead atoms. The fraction of sp³-hybridized carbons (Fsp3) is 0.357. The van der Waals surface area contributed by atoms with Crippen molar-refractivity contribution in [2.24, 2.45) is 5.84 Å². The van der Waals surface area contributed by atoms with E-state index in [9.17, 15) is 4.79 Å². The van der Waals surface area contributed by atoms with Crippen molar-refractivity contribution in [3.63, 3.8) is 0 Å². The fourth-order valence-corrected chi connectivity index (χ4v) is 2.63. The minimum absolute atomic E-state index is 0.156. The number of aryl methyl sites for hydroxylation is 2. The second-order valence-corrected chi connectivity index (χ2v) is 5.69. The summed E-state index contributed by atoms with van der Waals surface area (Å²) < 4.78 is 0. The molecule has 0 aliphatic carbocycles. The van der Waals surface area contributed by atoms with Crippen LogP contribution in [0.2, 0.25) is 0 Å². The second-order valence-electron chi connectivity index (χ2n) is 4.49. The van der Waals surface area contributed by atoms with Gasteiger partial charge in [-0.3, -0.25) is 4.79 Å². The summed E-state index contributed by atoms with van der Waals surface area (Å²) >= 11 is 1.61. The lowest BCUT2D eigenvalue weighted by atomic mass is 10.2. The summed E-state index contributed by atoms with van der Waals surface area (Å²) in [6, 6.07) is 3.41. The quantitative estimate of drug-likeness (QED) is 0.560. The zero-order valence-corrected chi connectivity index (χ0v) is 13.0. The third-order valence-corrected chi connectivity index (χ3v) is 4.14.